The van der Waals surface area contributed by atoms with Crippen molar-refractivity contribution in [2.24, 2.45) is 5.73 Å². The Morgan fingerprint density at radius 1 is 1.33 bits per heavy atom. The van der Waals surface area contributed by atoms with Crippen LogP contribution >= 0.6 is 15.9 Å². The van der Waals surface area contributed by atoms with Gasteiger partial charge in [-0.2, -0.15) is 0 Å². The van der Waals surface area contributed by atoms with Crippen LogP contribution in [0.3, 0.4) is 0 Å². The molecule has 1 fully saturated rings. The highest BCUT2D eigenvalue weighted by Gasteiger charge is 2.21. The van der Waals surface area contributed by atoms with Crippen molar-refractivity contribution < 1.29 is 4.39 Å². The summed E-state index contributed by atoms with van der Waals surface area (Å²) in [5, 5.41) is 3.61. The molecule has 2 nitrogen and oxygen atoms in total. The minimum absolute atomic E-state index is 0.207. The van der Waals surface area contributed by atoms with Crippen molar-refractivity contribution in [1.29, 1.82) is 0 Å². The average Bonchev–Trinajstić information content (AvgIpc) is 2.32. The van der Waals surface area contributed by atoms with E-state index in [4.69, 9.17) is 5.73 Å². The van der Waals surface area contributed by atoms with Crippen molar-refractivity contribution >= 4 is 15.9 Å². The average molecular weight is 315 g/mol. The minimum atomic E-state index is -0.207. The van der Waals surface area contributed by atoms with E-state index in [1.54, 1.807) is 0 Å². The molecular weight excluding hydrogens is 295 g/mol. The van der Waals surface area contributed by atoms with E-state index in [-0.39, 0.29) is 11.9 Å². The van der Waals surface area contributed by atoms with Crippen LogP contribution in [0.1, 0.15) is 44.2 Å². The molecule has 18 heavy (non-hydrogen) atoms. The largest absolute Gasteiger partial charge is 0.328 e. The molecule has 1 aliphatic rings. The Morgan fingerprint density at radius 2 is 2.00 bits per heavy atom. The molecule has 1 atom stereocenters. The van der Waals surface area contributed by atoms with Crippen LogP contribution in [0.25, 0.3) is 0 Å². The summed E-state index contributed by atoms with van der Waals surface area (Å²) in [7, 11) is 0. The van der Waals surface area contributed by atoms with Gasteiger partial charge in [0.2, 0.25) is 0 Å². The Bertz CT molecular complexity index is 403. The van der Waals surface area contributed by atoms with Crippen LogP contribution in [0, 0.1) is 5.82 Å². The van der Waals surface area contributed by atoms with Gasteiger partial charge in [-0.25, -0.2) is 4.39 Å². The Balaban J connectivity index is 1.97. The number of halogens is 2. The summed E-state index contributed by atoms with van der Waals surface area (Å²) in [4.78, 5) is 0. The van der Waals surface area contributed by atoms with E-state index >= 15 is 0 Å². The van der Waals surface area contributed by atoms with Crippen molar-refractivity contribution in [3.05, 3.63) is 34.1 Å². The number of benzene rings is 1. The van der Waals surface area contributed by atoms with Crippen LogP contribution in [0.5, 0.6) is 0 Å². The van der Waals surface area contributed by atoms with Gasteiger partial charge in [0.15, 0.2) is 0 Å². The molecular formula is C14H20BrFN2. The molecule has 0 saturated heterocycles. The lowest BCUT2D eigenvalue weighted by Crippen LogP contribution is -2.38. The summed E-state index contributed by atoms with van der Waals surface area (Å²) in [5.74, 6) is -0.207. The molecule has 0 heterocycles. The zero-order valence-corrected chi connectivity index (χ0v) is 12.2. The number of nitrogens with one attached hydrogen (secondary N) is 1. The molecule has 3 N–H and O–H groups in total. The second-order valence-electron chi connectivity index (χ2n) is 5.17. The summed E-state index contributed by atoms with van der Waals surface area (Å²) in [6.07, 6.45) is 4.44. The summed E-state index contributed by atoms with van der Waals surface area (Å²) in [5.41, 5.74) is 7.01. The molecule has 0 spiro atoms. The predicted octanol–water partition coefficient (Wildman–Crippen LogP) is 3.51. The third-order valence-electron chi connectivity index (χ3n) is 3.69. The highest BCUT2D eigenvalue weighted by Crippen LogP contribution is 2.26. The maximum atomic E-state index is 13.0. The molecule has 1 unspecified atom stereocenters. The Labute approximate surface area is 116 Å². The van der Waals surface area contributed by atoms with Gasteiger partial charge in [0.25, 0.3) is 0 Å². The summed E-state index contributed by atoms with van der Waals surface area (Å²) < 4.78 is 13.9. The number of nitrogens with two attached hydrogens (primary N) is 1. The minimum Gasteiger partial charge on any atom is -0.328 e. The molecule has 0 amide bonds. The molecule has 1 aromatic carbocycles. The molecule has 0 aromatic heterocycles. The first-order valence-electron chi connectivity index (χ1n) is 6.53. The smallest absolute Gasteiger partial charge is 0.124 e. The van der Waals surface area contributed by atoms with Gasteiger partial charge in [-0.15, -0.1) is 0 Å². The van der Waals surface area contributed by atoms with Gasteiger partial charge in [0.1, 0.15) is 5.82 Å². The molecule has 100 valence electrons. The van der Waals surface area contributed by atoms with Gasteiger partial charge < -0.3 is 11.1 Å². The van der Waals surface area contributed by atoms with Gasteiger partial charge in [-0.05, 0) is 50.3 Å². The Morgan fingerprint density at radius 3 is 2.61 bits per heavy atom. The lowest BCUT2D eigenvalue weighted by Gasteiger charge is -2.30. The third kappa shape index (κ3) is 3.53. The molecule has 2 rings (SSSR count). The van der Waals surface area contributed by atoms with Crippen LogP contribution in [0.15, 0.2) is 22.7 Å². The SMILES string of the molecule is CC(NC1CCC(N)CC1)c1ccc(F)cc1Br. The maximum absolute atomic E-state index is 13.0. The fourth-order valence-electron chi connectivity index (χ4n) is 2.58. The predicted molar refractivity (Wildman–Crippen MR) is 75.9 cm³/mol. The summed E-state index contributed by atoms with van der Waals surface area (Å²) in [6, 6.07) is 5.98. The normalized spacial score (nSPS) is 26.0. The van der Waals surface area contributed by atoms with Crippen molar-refractivity contribution in [2.45, 2.75) is 50.7 Å². The monoisotopic (exact) mass is 314 g/mol. The number of rotatable bonds is 3. The van der Waals surface area contributed by atoms with E-state index in [9.17, 15) is 4.39 Å². The molecule has 1 aromatic rings. The molecule has 4 heteroatoms. The van der Waals surface area contributed by atoms with Crippen molar-refractivity contribution in [2.75, 3.05) is 0 Å². The van der Waals surface area contributed by atoms with Crippen molar-refractivity contribution in [3.63, 3.8) is 0 Å². The maximum Gasteiger partial charge on any atom is 0.124 e. The van der Waals surface area contributed by atoms with Gasteiger partial charge >= 0.3 is 0 Å². The highest BCUT2D eigenvalue weighted by atomic mass is 79.9. The fraction of sp³-hybridized carbons (Fsp3) is 0.571. The van der Waals surface area contributed by atoms with Gasteiger partial charge in [-0.3, -0.25) is 0 Å². The van der Waals surface area contributed by atoms with Crippen molar-refractivity contribution in [1.82, 2.24) is 5.32 Å². The van der Waals surface area contributed by atoms with Crippen LogP contribution in [-0.4, -0.2) is 12.1 Å². The summed E-state index contributed by atoms with van der Waals surface area (Å²) >= 11 is 3.42. The second-order valence-corrected chi connectivity index (χ2v) is 6.02. The lowest BCUT2D eigenvalue weighted by molar-refractivity contribution is 0.322. The quantitative estimate of drug-likeness (QED) is 0.896. The van der Waals surface area contributed by atoms with E-state index in [0.29, 0.717) is 12.1 Å². The molecule has 1 aliphatic carbocycles. The van der Waals surface area contributed by atoms with Crippen LogP contribution in [-0.2, 0) is 0 Å². The third-order valence-corrected chi connectivity index (χ3v) is 4.37. The van der Waals surface area contributed by atoms with E-state index in [0.717, 1.165) is 35.7 Å². The first-order chi connectivity index (χ1) is 8.56. The lowest BCUT2D eigenvalue weighted by atomic mass is 9.91. The van der Waals surface area contributed by atoms with E-state index in [1.165, 1.54) is 12.1 Å². The topological polar surface area (TPSA) is 38.0 Å². The zero-order chi connectivity index (χ0) is 13.1. The zero-order valence-electron chi connectivity index (χ0n) is 10.6. The van der Waals surface area contributed by atoms with E-state index in [1.807, 2.05) is 6.07 Å². The van der Waals surface area contributed by atoms with Gasteiger partial charge in [-0.1, -0.05) is 22.0 Å². The molecule has 0 bridgehead atoms. The number of hydrogen-bond acceptors (Lipinski definition) is 2. The van der Waals surface area contributed by atoms with E-state index in [2.05, 4.69) is 28.2 Å². The molecule has 1 saturated carbocycles. The van der Waals surface area contributed by atoms with E-state index < -0.39 is 0 Å². The first-order valence-corrected chi connectivity index (χ1v) is 7.32. The second kappa shape index (κ2) is 6.13. The fourth-order valence-corrected chi connectivity index (χ4v) is 3.28. The number of hydrogen-bond donors (Lipinski definition) is 2. The molecule has 0 aliphatic heterocycles. The Hall–Kier alpha value is -0.450. The standard InChI is InChI=1S/C14H20BrFN2/c1-9(13-7-2-10(16)8-14(13)15)18-12-5-3-11(17)4-6-12/h2,7-9,11-12,18H,3-6,17H2,1H3. The summed E-state index contributed by atoms with van der Waals surface area (Å²) in [6.45, 7) is 2.12. The Kier molecular flexibility index (Phi) is 4.76. The first kappa shape index (κ1) is 14.0. The molecule has 0 radical (unpaired) electrons. The van der Waals surface area contributed by atoms with Crippen molar-refractivity contribution in [3.8, 4) is 0 Å². The van der Waals surface area contributed by atoms with Gasteiger partial charge in [0.05, 0.1) is 0 Å². The van der Waals surface area contributed by atoms with Crippen LogP contribution in [0.2, 0.25) is 0 Å². The van der Waals surface area contributed by atoms with Crippen LogP contribution in [0.4, 0.5) is 4.39 Å². The van der Waals surface area contributed by atoms with Crippen LogP contribution < -0.4 is 11.1 Å². The highest BCUT2D eigenvalue weighted by molar-refractivity contribution is 9.10. The van der Waals surface area contributed by atoms with Gasteiger partial charge in [0, 0.05) is 22.6 Å².